The molecule has 0 radical (unpaired) electrons. The van der Waals surface area contributed by atoms with Crippen LogP contribution in [0.25, 0.3) is 0 Å². The molecule has 1 fully saturated rings. The van der Waals surface area contributed by atoms with Gasteiger partial charge in [0.05, 0.1) is 0 Å². The van der Waals surface area contributed by atoms with E-state index in [9.17, 15) is 10.0 Å². The highest BCUT2D eigenvalue weighted by Crippen LogP contribution is 2.27. The van der Waals surface area contributed by atoms with Crippen molar-refractivity contribution in [1.29, 1.82) is 0 Å². The third-order valence-electron chi connectivity index (χ3n) is 4.04. The van der Waals surface area contributed by atoms with Crippen LogP contribution in [0.4, 0.5) is 0 Å². The van der Waals surface area contributed by atoms with E-state index in [1.807, 2.05) is 12.1 Å². The second-order valence-corrected chi connectivity index (χ2v) is 5.28. The summed E-state index contributed by atoms with van der Waals surface area (Å²) in [4.78, 5) is 2.53. The highest BCUT2D eigenvalue weighted by molar-refractivity contribution is 6.58. The third-order valence-corrected chi connectivity index (χ3v) is 4.04. The molecule has 4 heteroatoms. The van der Waals surface area contributed by atoms with E-state index in [0.717, 1.165) is 12.1 Å². The summed E-state index contributed by atoms with van der Waals surface area (Å²) in [6, 6.07) is 8.89. The Bertz CT molecular complexity index is 397. The van der Waals surface area contributed by atoms with Crippen LogP contribution in [0.1, 0.15) is 38.7 Å². The molecule has 1 saturated heterocycles. The number of benzene rings is 1. The van der Waals surface area contributed by atoms with Crippen LogP contribution in [0.3, 0.4) is 0 Å². The minimum atomic E-state index is -1.37. The van der Waals surface area contributed by atoms with Crippen molar-refractivity contribution in [3.05, 3.63) is 29.8 Å². The lowest BCUT2D eigenvalue weighted by Gasteiger charge is -2.27. The van der Waals surface area contributed by atoms with E-state index in [2.05, 4.69) is 24.8 Å². The maximum absolute atomic E-state index is 9.20. The molecule has 1 aromatic carbocycles. The van der Waals surface area contributed by atoms with Gasteiger partial charge in [-0.15, -0.1) is 0 Å². The molecule has 18 heavy (non-hydrogen) atoms. The lowest BCUT2D eigenvalue weighted by atomic mass is 9.79. The second-order valence-electron chi connectivity index (χ2n) is 5.28. The van der Waals surface area contributed by atoms with Crippen molar-refractivity contribution in [3.8, 4) is 0 Å². The zero-order valence-corrected chi connectivity index (χ0v) is 11.2. The summed E-state index contributed by atoms with van der Waals surface area (Å²) in [5.41, 5.74) is 1.74. The Morgan fingerprint density at radius 1 is 1.33 bits per heavy atom. The fourth-order valence-corrected chi connectivity index (χ4v) is 2.91. The van der Waals surface area contributed by atoms with E-state index in [4.69, 9.17) is 0 Å². The molecule has 1 aliphatic heterocycles. The molecular weight excluding hydrogens is 225 g/mol. The van der Waals surface area contributed by atoms with Crippen LogP contribution in [-0.4, -0.2) is 34.2 Å². The van der Waals surface area contributed by atoms with Crippen molar-refractivity contribution in [1.82, 2.24) is 4.90 Å². The second kappa shape index (κ2) is 5.87. The predicted octanol–water partition coefficient (Wildman–Crippen LogP) is 1.13. The molecule has 0 aromatic heterocycles. The fraction of sp³-hybridized carbons (Fsp3) is 0.571. The number of nitrogens with zero attached hydrogens (tertiary/aromatic N) is 1. The fourth-order valence-electron chi connectivity index (χ4n) is 2.91. The van der Waals surface area contributed by atoms with Crippen LogP contribution in [0.5, 0.6) is 0 Å². The Morgan fingerprint density at radius 2 is 2.11 bits per heavy atom. The largest absolute Gasteiger partial charge is 0.488 e. The Hall–Kier alpha value is -0.835. The number of hydrogen-bond donors (Lipinski definition) is 2. The van der Waals surface area contributed by atoms with Crippen molar-refractivity contribution in [2.45, 2.75) is 51.7 Å². The van der Waals surface area contributed by atoms with E-state index in [1.165, 1.54) is 19.3 Å². The van der Waals surface area contributed by atoms with Gasteiger partial charge in [-0.2, -0.15) is 0 Å². The van der Waals surface area contributed by atoms with Crippen molar-refractivity contribution in [2.75, 3.05) is 0 Å². The van der Waals surface area contributed by atoms with Crippen LogP contribution in [0.2, 0.25) is 0 Å². The zero-order chi connectivity index (χ0) is 13.1. The molecule has 1 heterocycles. The maximum atomic E-state index is 9.20. The summed E-state index contributed by atoms with van der Waals surface area (Å²) >= 11 is 0. The van der Waals surface area contributed by atoms with Crippen LogP contribution in [0, 0.1) is 0 Å². The normalized spacial score (nSPS) is 24.4. The first-order valence-electron chi connectivity index (χ1n) is 6.82. The molecule has 2 atom stereocenters. The van der Waals surface area contributed by atoms with Gasteiger partial charge in [0.15, 0.2) is 0 Å². The Labute approximate surface area is 110 Å². The molecule has 2 unspecified atom stereocenters. The quantitative estimate of drug-likeness (QED) is 0.784. The predicted molar refractivity (Wildman–Crippen MR) is 74.6 cm³/mol. The molecule has 3 nitrogen and oxygen atoms in total. The summed E-state index contributed by atoms with van der Waals surface area (Å²) in [6.07, 6.45) is 3.73. The lowest BCUT2D eigenvalue weighted by molar-refractivity contribution is 0.189. The minimum absolute atomic E-state index is 0.576. The Balaban J connectivity index is 2.10. The summed E-state index contributed by atoms with van der Waals surface area (Å²) in [6.45, 7) is 5.42. The number of likely N-dealkylation sites (tertiary alicyclic amines) is 1. The van der Waals surface area contributed by atoms with E-state index in [0.29, 0.717) is 17.5 Å². The molecule has 0 amide bonds. The SMILES string of the molecule is CCC1CCC(C)N1Cc1cccc(B(O)O)c1. The first-order valence-corrected chi connectivity index (χ1v) is 6.82. The van der Waals surface area contributed by atoms with Crippen molar-refractivity contribution in [2.24, 2.45) is 0 Å². The number of rotatable bonds is 4. The summed E-state index contributed by atoms with van der Waals surface area (Å²) in [5, 5.41) is 18.4. The first kappa shape index (κ1) is 13.6. The van der Waals surface area contributed by atoms with E-state index in [1.54, 1.807) is 6.07 Å². The third kappa shape index (κ3) is 2.94. The Morgan fingerprint density at radius 3 is 2.78 bits per heavy atom. The van der Waals surface area contributed by atoms with Gasteiger partial charge in [0.25, 0.3) is 0 Å². The van der Waals surface area contributed by atoms with Crippen LogP contribution in [0.15, 0.2) is 24.3 Å². The van der Waals surface area contributed by atoms with Gasteiger partial charge in [-0.25, -0.2) is 0 Å². The van der Waals surface area contributed by atoms with Crippen molar-refractivity contribution < 1.29 is 10.0 Å². The summed E-state index contributed by atoms with van der Waals surface area (Å²) in [5.74, 6) is 0. The molecule has 0 bridgehead atoms. The van der Waals surface area contributed by atoms with Gasteiger partial charge in [-0.3, -0.25) is 4.90 Å². The topological polar surface area (TPSA) is 43.7 Å². The first-order chi connectivity index (χ1) is 8.61. The van der Waals surface area contributed by atoms with Gasteiger partial charge < -0.3 is 10.0 Å². The Kier molecular flexibility index (Phi) is 4.43. The van der Waals surface area contributed by atoms with Gasteiger partial charge in [0.2, 0.25) is 0 Å². The van der Waals surface area contributed by atoms with Gasteiger partial charge >= 0.3 is 7.12 Å². The molecular formula is C14H22BNO2. The highest BCUT2D eigenvalue weighted by Gasteiger charge is 2.29. The van der Waals surface area contributed by atoms with Gasteiger partial charge in [-0.05, 0) is 37.2 Å². The average Bonchev–Trinajstić information content (AvgIpc) is 2.71. The number of hydrogen-bond acceptors (Lipinski definition) is 3. The van der Waals surface area contributed by atoms with Crippen molar-refractivity contribution in [3.63, 3.8) is 0 Å². The van der Waals surface area contributed by atoms with E-state index >= 15 is 0 Å². The monoisotopic (exact) mass is 247 g/mol. The standard InChI is InChI=1S/C14H22BNO2/c1-3-14-8-7-11(2)16(14)10-12-5-4-6-13(9-12)15(17)18/h4-6,9,11,14,17-18H,3,7-8,10H2,1-2H3. The lowest BCUT2D eigenvalue weighted by Crippen LogP contribution is -2.35. The van der Waals surface area contributed by atoms with E-state index < -0.39 is 7.12 Å². The smallest absolute Gasteiger partial charge is 0.423 e. The zero-order valence-electron chi connectivity index (χ0n) is 11.2. The molecule has 1 aromatic rings. The molecule has 2 rings (SSSR count). The van der Waals surface area contributed by atoms with Gasteiger partial charge in [0, 0.05) is 18.6 Å². The molecule has 0 aliphatic carbocycles. The minimum Gasteiger partial charge on any atom is -0.423 e. The molecule has 2 N–H and O–H groups in total. The molecule has 98 valence electrons. The highest BCUT2D eigenvalue weighted by atomic mass is 16.4. The van der Waals surface area contributed by atoms with Crippen LogP contribution >= 0.6 is 0 Å². The van der Waals surface area contributed by atoms with E-state index in [-0.39, 0.29) is 0 Å². The van der Waals surface area contributed by atoms with Crippen LogP contribution < -0.4 is 5.46 Å². The molecule has 1 aliphatic rings. The summed E-state index contributed by atoms with van der Waals surface area (Å²) < 4.78 is 0. The molecule has 0 saturated carbocycles. The van der Waals surface area contributed by atoms with Crippen molar-refractivity contribution >= 4 is 12.6 Å². The summed E-state index contributed by atoms with van der Waals surface area (Å²) in [7, 11) is -1.37. The maximum Gasteiger partial charge on any atom is 0.488 e. The van der Waals surface area contributed by atoms with Gasteiger partial charge in [-0.1, -0.05) is 31.2 Å². The molecule has 0 spiro atoms. The van der Waals surface area contributed by atoms with Gasteiger partial charge in [0.1, 0.15) is 0 Å². The van der Waals surface area contributed by atoms with Crippen LogP contribution in [-0.2, 0) is 6.54 Å². The average molecular weight is 247 g/mol.